The lowest BCUT2D eigenvalue weighted by atomic mass is 10.0. The molecule has 1 atom stereocenters. The number of benzene rings is 1. The molecule has 3 amide bonds. The number of hydrogen-bond acceptors (Lipinski definition) is 3. The molecule has 0 radical (unpaired) electrons. The number of imide groups is 1. The van der Waals surface area contributed by atoms with E-state index in [2.05, 4.69) is 37.2 Å². The number of hydrogen-bond donors (Lipinski definition) is 1. The third-order valence-corrected chi connectivity index (χ3v) is 4.28. The molecule has 1 aliphatic rings. The van der Waals surface area contributed by atoms with Crippen LogP contribution < -0.4 is 5.32 Å². The lowest BCUT2D eigenvalue weighted by Gasteiger charge is -2.28. The van der Waals surface area contributed by atoms with E-state index in [0.29, 0.717) is 16.5 Å². The van der Waals surface area contributed by atoms with Gasteiger partial charge in [-0.2, -0.15) is 0 Å². The zero-order valence-corrected chi connectivity index (χ0v) is 13.8. The summed E-state index contributed by atoms with van der Waals surface area (Å²) in [6.45, 7) is 0. The number of nitrogens with zero attached hydrogens (tertiary/aromatic N) is 1. The second-order valence-electron chi connectivity index (χ2n) is 4.48. The molecule has 1 aromatic rings. The highest BCUT2D eigenvalue weighted by Crippen LogP contribution is 2.22. The van der Waals surface area contributed by atoms with Gasteiger partial charge in [0.25, 0.3) is 11.8 Å². The molecule has 7 heteroatoms. The smallest absolute Gasteiger partial charge is 0.253 e. The van der Waals surface area contributed by atoms with Gasteiger partial charge in [-0.25, -0.2) is 0 Å². The number of halogens is 2. The first-order chi connectivity index (χ1) is 9.40. The number of rotatable bonds is 2. The number of carbonyl (C=O) groups is 3. The number of likely N-dealkylation sites (tertiary alicyclic amines) is 1. The highest BCUT2D eigenvalue weighted by molar-refractivity contribution is 9.11. The van der Waals surface area contributed by atoms with E-state index in [1.807, 2.05) is 0 Å². The van der Waals surface area contributed by atoms with Gasteiger partial charge in [0.15, 0.2) is 0 Å². The molecular formula is C13H12Br2N2O3. The van der Waals surface area contributed by atoms with Crippen LogP contribution >= 0.6 is 31.9 Å². The third kappa shape index (κ3) is 3.09. The van der Waals surface area contributed by atoms with Gasteiger partial charge in [-0.1, -0.05) is 15.9 Å². The molecule has 5 nitrogen and oxygen atoms in total. The summed E-state index contributed by atoms with van der Waals surface area (Å²) in [6, 6.07) is 4.51. The quantitative estimate of drug-likeness (QED) is 0.769. The Morgan fingerprint density at radius 3 is 2.70 bits per heavy atom. The summed E-state index contributed by atoms with van der Waals surface area (Å²) in [7, 11) is 1.43. The van der Waals surface area contributed by atoms with Crippen molar-refractivity contribution < 1.29 is 14.4 Å². The maximum Gasteiger partial charge on any atom is 0.253 e. The first kappa shape index (κ1) is 15.2. The van der Waals surface area contributed by atoms with E-state index in [0.717, 1.165) is 9.37 Å². The molecule has 0 aromatic heterocycles. The van der Waals surface area contributed by atoms with Crippen molar-refractivity contribution in [2.75, 3.05) is 7.05 Å². The summed E-state index contributed by atoms with van der Waals surface area (Å²) in [4.78, 5) is 36.5. The highest BCUT2D eigenvalue weighted by Gasteiger charge is 2.33. The van der Waals surface area contributed by atoms with E-state index in [1.165, 1.54) is 7.05 Å². The summed E-state index contributed by atoms with van der Waals surface area (Å²) in [5.74, 6) is -0.932. The van der Waals surface area contributed by atoms with Gasteiger partial charge < -0.3 is 5.32 Å². The van der Waals surface area contributed by atoms with Crippen molar-refractivity contribution in [1.82, 2.24) is 10.2 Å². The van der Waals surface area contributed by atoms with Crippen LogP contribution in [0.5, 0.6) is 0 Å². The van der Waals surface area contributed by atoms with Crippen LogP contribution in [0.15, 0.2) is 27.1 Å². The van der Waals surface area contributed by atoms with Crippen molar-refractivity contribution in [3.05, 3.63) is 32.7 Å². The highest BCUT2D eigenvalue weighted by atomic mass is 79.9. The second kappa shape index (κ2) is 6.05. The standard InChI is InChI=1S/C13H12Br2N2O3/c1-17-11(18)5-4-10(13(17)20)16-12(19)8-3-2-7(14)6-9(8)15/h2-3,6,10H,4-5H2,1H3,(H,16,19). The van der Waals surface area contributed by atoms with Crippen LogP contribution in [0.25, 0.3) is 0 Å². The maximum absolute atomic E-state index is 12.2. The van der Waals surface area contributed by atoms with Gasteiger partial charge in [0.1, 0.15) is 6.04 Å². The molecule has 0 spiro atoms. The Hall–Kier alpha value is -1.21. The molecule has 1 fully saturated rings. The zero-order valence-electron chi connectivity index (χ0n) is 10.7. The minimum atomic E-state index is -0.652. The van der Waals surface area contributed by atoms with Gasteiger partial charge in [-0.05, 0) is 40.5 Å². The Labute approximate surface area is 133 Å². The average Bonchev–Trinajstić information content (AvgIpc) is 2.39. The fourth-order valence-corrected chi connectivity index (χ4v) is 3.19. The fraction of sp³-hybridized carbons (Fsp3) is 0.308. The van der Waals surface area contributed by atoms with E-state index in [9.17, 15) is 14.4 Å². The van der Waals surface area contributed by atoms with E-state index >= 15 is 0 Å². The van der Waals surface area contributed by atoms with Gasteiger partial charge >= 0.3 is 0 Å². The Balaban J connectivity index is 2.12. The van der Waals surface area contributed by atoms with Crippen molar-refractivity contribution in [2.45, 2.75) is 18.9 Å². The largest absolute Gasteiger partial charge is 0.340 e. The van der Waals surface area contributed by atoms with Crippen LogP contribution in [0.1, 0.15) is 23.2 Å². The average molecular weight is 404 g/mol. The Morgan fingerprint density at radius 1 is 1.35 bits per heavy atom. The van der Waals surface area contributed by atoms with Crippen LogP contribution in [0, 0.1) is 0 Å². The van der Waals surface area contributed by atoms with Gasteiger partial charge in [0.2, 0.25) is 5.91 Å². The number of likely N-dealkylation sites (N-methyl/N-ethyl adjacent to an activating group) is 1. The lowest BCUT2D eigenvalue weighted by Crippen LogP contribution is -2.52. The Kier molecular flexibility index (Phi) is 4.59. The summed E-state index contributed by atoms with van der Waals surface area (Å²) < 4.78 is 1.48. The maximum atomic E-state index is 12.2. The number of amides is 3. The van der Waals surface area contributed by atoms with E-state index in [-0.39, 0.29) is 24.1 Å². The molecule has 1 aromatic carbocycles. The van der Waals surface area contributed by atoms with Crippen molar-refractivity contribution in [2.24, 2.45) is 0 Å². The number of piperidine rings is 1. The monoisotopic (exact) mass is 402 g/mol. The van der Waals surface area contributed by atoms with Gasteiger partial charge in [-0.15, -0.1) is 0 Å². The molecule has 1 heterocycles. The second-order valence-corrected chi connectivity index (χ2v) is 6.25. The van der Waals surface area contributed by atoms with Gasteiger partial charge in [0, 0.05) is 22.4 Å². The first-order valence-electron chi connectivity index (χ1n) is 5.96. The number of nitrogens with one attached hydrogen (secondary N) is 1. The molecule has 106 valence electrons. The fourth-order valence-electron chi connectivity index (χ4n) is 1.96. The predicted octanol–water partition coefficient (Wildman–Crippen LogP) is 2.09. The minimum Gasteiger partial charge on any atom is -0.340 e. The molecule has 1 N–H and O–H groups in total. The molecule has 20 heavy (non-hydrogen) atoms. The Morgan fingerprint density at radius 2 is 2.05 bits per heavy atom. The van der Waals surface area contributed by atoms with Crippen molar-refractivity contribution >= 4 is 49.6 Å². The first-order valence-corrected chi connectivity index (χ1v) is 7.55. The minimum absolute atomic E-state index is 0.217. The Bertz CT molecular complexity index is 589. The molecule has 0 aliphatic carbocycles. The summed E-state index contributed by atoms with van der Waals surface area (Å²) in [5, 5.41) is 2.67. The van der Waals surface area contributed by atoms with Gasteiger partial charge in [0.05, 0.1) is 5.56 Å². The summed E-state index contributed by atoms with van der Waals surface area (Å²) in [6.07, 6.45) is 0.594. The van der Waals surface area contributed by atoms with Crippen LogP contribution in [0.2, 0.25) is 0 Å². The molecule has 1 saturated heterocycles. The SMILES string of the molecule is CN1C(=O)CCC(NC(=O)c2ccc(Br)cc2Br)C1=O. The van der Waals surface area contributed by atoms with Crippen molar-refractivity contribution in [3.63, 3.8) is 0 Å². The van der Waals surface area contributed by atoms with Gasteiger partial charge in [-0.3, -0.25) is 19.3 Å². The molecule has 0 bridgehead atoms. The van der Waals surface area contributed by atoms with Crippen molar-refractivity contribution in [3.8, 4) is 0 Å². The zero-order chi connectivity index (χ0) is 14.9. The van der Waals surface area contributed by atoms with E-state index in [4.69, 9.17) is 0 Å². The molecule has 2 rings (SSSR count). The molecular weight excluding hydrogens is 392 g/mol. The van der Waals surface area contributed by atoms with Crippen LogP contribution in [0.4, 0.5) is 0 Å². The topological polar surface area (TPSA) is 66.5 Å². The summed E-state index contributed by atoms with van der Waals surface area (Å²) >= 11 is 6.62. The number of carbonyl (C=O) groups excluding carboxylic acids is 3. The summed E-state index contributed by atoms with van der Waals surface area (Å²) in [5.41, 5.74) is 0.445. The molecule has 0 saturated carbocycles. The molecule has 1 unspecified atom stereocenters. The molecule has 1 aliphatic heterocycles. The van der Waals surface area contributed by atoms with Crippen LogP contribution in [-0.2, 0) is 9.59 Å². The van der Waals surface area contributed by atoms with Crippen LogP contribution in [0.3, 0.4) is 0 Å². The van der Waals surface area contributed by atoms with E-state index in [1.54, 1.807) is 18.2 Å². The lowest BCUT2D eigenvalue weighted by molar-refractivity contribution is -0.147. The predicted molar refractivity (Wildman–Crippen MR) is 80.1 cm³/mol. The third-order valence-electron chi connectivity index (χ3n) is 3.13. The van der Waals surface area contributed by atoms with Crippen LogP contribution in [-0.4, -0.2) is 35.7 Å². The van der Waals surface area contributed by atoms with Crippen molar-refractivity contribution in [1.29, 1.82) is 0 Å². The van der Waals surface area contributed by atoms with E-state index < -0.39 is 6.04 Å². The normalized spacial score (nSPS) is 19.1.